The Morgan fingerprint density at radius 1 is 1.21 bits per heavy atom. The van der Waals surface area contributed by atoms with Crippen LogP contribution in [-0.2, 0) is 0 Å². The summed E-state index contributed by atoms with van der Waals surface area (Å²) in [6.45, 7) is 3.46. The van der Waals surface area contributed by atoms with Gasteiger partial charge >= 0.3 is 0 Å². The van der Waals surface area contributed by atoms with Crippen molar-refractivity contribution < 1.29 is 0 Å². The maximum atomic E-state index is 4.73. The number of nitrogens with one attached hydrogen (secondary N) is 1. The maximum absolute atomic E-state index is 4.73. The van der Waals surface area contributed by atoms with E-state index in [-0.39, 0.29) is 0 Å². The van der Waals surface area contributed by atoms with Crippen LogP contribution in [0.15, 0.2) is 24.4 Å². The molecule has 2 aromatic rings. The SMILES string of the molecule is C[C@H]1CC[C@H](c2ccc3cn(C4CC4)nc3c2)NC1. The Labute approximate surface area is 114 Å². The summed E-state index contributed by atoms with van der Waals surface area (Å²) in [7, 11) is 0. The third-order valence-corrected chi connectivity index (χ3v) is 4.53. The van der Waals surface area contributed by atoms with E-state index in [1.54, 1.807) is 0 Å². The second-order valence-electron chi connectivity index (χ2n) is 6.30. The zero-order chi connectivity index (χ0) is 12.8. The van der Waals surface area contributed by atoms with Crippen LogP contribution >= 0.6 is 0 Å². The molecule has 19 heavy (non-hydrogen) atoms. The molecular weight excluding hydrogens is 234 g/mol. The van der Waals surface area contributed by atoms with Crippen LogP contribution in [0.4, 0.5) is 0 Å². The first-order chi connectivity index (χ1) is 9.29. The van der Waals surface area contributed by atoms with Crippen LogP contribution in [0.1, 0.15) is 50.3 Å². The van der Waals surface area contributed by atoms with Crippen LogP contribution in [0.3, 0.4) is 0 Å². The molecule has 1 aromatic carbocycles. The summed E-state index contributed by atoms with van der Waals surface area (Å²) in [5.41, 5.74) is 2.56. The number of fused-ring (bicyclic) bond motifs is 1. The molecule has 0 radical (unpaired) electrons. The van der Waals surface area contributed by atoms with Gasteiger partial charge in [0.1, 0.15) is 0 Å². The first kappa shape index (κ1) is 11.5. The number of nitrogens with zero attached hydrogens (tertiary/aromatic N) is 2. The highest BCUT2D eigenvalue weighted by molar-refractivity contribution is 5.78. The summed E-state index contributed by atoms with van der Waals surface area (Å²) in [5.74, 6) is 0.814. The van der Waals surface area contributed by atoms with Gasteiger partial charge in [0.15, 0.2) is 0 Å². The minimum Gasteiger partial charge on any atom is -0.310 e. The van der Waals surface area contributed by atoms with Gasteiger partial charge in [-0.25, -0.2) is 0 Å². The van der Waals surface area contributed by atoms with Crippen LogP contribution in [0.5, 0.6) is 0 Å². The van der Waals surface area contributed by atoms with Gasteiger partial charge in [-0.3, -0.25) is 4.68 Å². The smallest absolute Gasteiger partial charge is 0.0926 e. The fourth-order valence-corrected chi connectivity index (χ4v) is 3.08. The van der Waals surface area contributed by atoms with E-state index >= 15 is 0 Å². The normalized spacial score (nSPS) is 27.8. The molecule has 2 aliphatic rings. The van der Waals surface area contributed by atoms with Gasteiger partial charge in [0, 0.05) is 17.6 Å². The minimum absolute atomic E-state index is 0.520. The van der Waals surface area contributed by atoms with Gasteiger partial charge in [-0.2, -0.15) is 5.10 Å². The van der Waals surface area contributed by atoms with Gasteiger partial charge in [0.2, 0.25) is 0 Å². The highest BCUT2D eigenvalue weighted by Crippen LogP contribution is 2.35. The Kier molecular flexibility index (Phi) is 2.62. The van der Waals surface area contributed by atoms with Crippen molar-refractivity contribution in [3.8, 4) is 0 Å². The molecule has 2 fully saturated rings. The molecular formula is C16H21N3. The molecule has 2 atom stereocenters. The Bertz CT molecular complexity index is 589. The van der Waals surface area contributed by atoms with E-state index in [0.717, 1.165) is 18.0 Å². The summed E-state index contributed by atoms with van der Waals surface area (Å²) in [4.78, 5) is 0. The third kappa shape index (κ3) is 2.16. The van der Waals surface area contributed by atoms with Crippen molar-refractivity contribution >= 4 is 10.9 Å². The lowest BCUT2D eigenvalue weighted by Gasteiger charge is -2.28. The topological polar surface area (TPSA) is 29.9 Å². The average Bonchev–Trinajstić information content (AvgIpc) is 3.19. The standard InChI is InChI=1S/C16H21N3/c1-11-2-7-15(17-9-11)12-3-4-13-10-19(14-5-6-14)18-16(13)8-12/h3-4,8,10-11,14-15,17H,2,5-7,9H2,1H3/t11-,15+/m0/s1. The van der Waals surface area contributed by atoms with E-state index in [1.165, 1.54) is 36.6 Å². The predicted molar refractivity (Wildman–Crippen MR) is 77.1 cm³/mol. The number of piperidine rings is 1. The van der Waals surface area contributed by atoms with Gasteiger partial charge in [-0.1, -0.05) is 19.1 Å². The van der Waals surface area contributed by atoms with E-state index in [2.05, 4.69) is 41.3 Å². The van der Waals surface area contributed by atoms with Crippen LogP contribution < -0.4 is 5.32 Å². The first-order valence-electron chi connectivity index (χ1n) is 7.52. The molecule has 0 bridgehead atoms. The van der Waals surface area contributed by atoms with Crippen LogP contribution in [-0.4, -0.2) is 16.3 Å². The lowest BCUT2D eigenvalue weighted by molar-refractivity contribution is 0.333. The maximum Gasteiger partial charge on any atom is 0.0926 e. The Morgan fingerprint density at radius 2 is 2.11 bits per heavy atom. The zero-order valence-electron chi connectivity index (χ0n) is 11.5. The number of hydrogen-bond acceptors (Lipinski definition) is 2. The fraction of sp³-hybridized carbons (Fsp3) is 0.562. The summed E-state index contributed by atoms with van der Waals surface area (Å²) in [6, 6.07) is 7.98. The lowest BCUT2D eigenvalue weighted by atomic mass is 9.92. The van der Waals surface area contributed by atoms with E-state index in [1.807, 2.05) is 0 Å². The molecule has 100 valence electrons. The highest BCUT2D eigenvalue weighted by atomic mass is 15.3. The molecule has 0 unspecified atom stereocenters. The van der Waals surface area contributed by atoms with Crippen molar-refractivity contribution in [3.63, 3.8) is 0 Å². The van der Waals surface area contributed by atoms with Gasteiger partial charge in [-0.05, 0) is 49.8 Å². The van der Waals surface area contributed by atoms with Crippen molar-refractivity contribution in [2.45, 2.75) is 44.7 Å². The van der Waals surface area contributed by atoms with Gasteiger partial charge in [-0.15, -0.1) is 0 Å². The van der Waals surface area contributed by atoms with Gasteiger partial charge in [0.25, 0.3) is 0 Å². The summed E-state index contributed by atoms with van der Waals surface area (Å²) in [6.07, 6.45) is 7.36. The highest BCUT2D eigenvalue weighted by Gasteiger charge is 2.25. The van der Waals surface area contributed by atoms with Crippen LogP contribution in [0.25, 0.3) is 10.9 Å². The van der Waals surface area contributed by atoms with E-state index in [4.69, 9.17) is 5.10 Å². The molecule has 1 saturated heterocycles. The first-order valence-corrected chi connectivity index (χ1v) is 7.52. The molecule has 3 heteroatoms. The monoisotopic (exact) mass is 255 g/mol. The summed E-state index contributed by atoms with van der Waals surface area (Å²) >= 11 is 0. The molecule has 1 aliphatic heterocycles. The average molecular weight is 255 g/mol. The fourth-order valence-electron chi connectivity index (χ4n) is 3.08. The molecule has 2 heterocycles. The van der Waals surface area contributed by atoms with E-state index < -0.39 is 0 Å². The number of hydrogen-bond donors (Lipinski definition) is 1. The Hall–Kier alpha value is -1.35. The van der Waals surface area contributed by atoms with Crippen molar-refractivity contribution in [3.05, 3.63) is 30.0 Å². The van der Waals surface area contributed by atoms with Gasteiger partial charge in [0.05, 0.1) is 11.6 Å². The molecule has 0 spiro atoms. The zero-order valence-corrected chi connectivity index (χ0v) is 11.5. The summed E-state index contributed by atoms with van der Waals surface area (Å²) in [5, 5.41) is 9.67. The molecule has 1 aromatic heterocycles. The molecule has 1 N–H and O–H groups in total. The predicted octanol–water partition coefficient (Wildman–Crippen LogP) is 3.43. The number of aromatic nitrogens is 2. The lowest BCUT2D eigenvalue weighted by Crippen LogP contribution is -2.31. The molecule has 3 nitrogen and oxygen atoms in total. The van der Waals surface area contributed by atoms with Crippen molar-refractivity contribution in [2.75, 3.05) is 6.54 Å². The molecule has 4 rings (SSSR count). The minimum atomic E-state index is 0.520. The molecule has 0 amide bonds. The van der Waals surface area contributed by atoms with Crippen molar-refractivity contribution in [2.24, 2.45) is 5.92 Å². The van der Waals surface area contributed by atoms with E-state index in [9.17, 15) is 0 Å². The third-order valence-electron chi connectivity index (χ3n) is 4.53. The van der Waals surface area contributed by atoms with Crippen LogP contribution in [0, 0.1) is 5.92 Å². The second kappa shape index (κ2) is 4.34. The summed E-state index contributed by atoms with van der Waals surface area (Å²) < 4.78 is 2.16. The van der Waals surface area contributed by atoms with Gasteiger partial charge < -0.3 is 5.32 Å². The van der Waals surface area contributed by atoms with E-state index in [0.29, 0.717) is 12.1 Å². The van der Waals surface area contributed by atoms with Crippen molar-refractivity contribution in [1.29, 1.82) is 0 Å². The van der Waals surface area contributed by atoms with Crippen molar-refractivity contribution in [1.82, 2.24) is 15.1 Å². The molecule has 1 aliphatic carbocycles. The molecule has 1 saturated carbocycles. The largest absolute Gasteiger partial charge is 0.310 e. The second-order valence-corrected chi connectivity index (χ2v) is 6.30. The Balaban J connectivity index is 1.63. The Morgan fingerprint density at radius 3 is 2.84 bits per heavy atom. The number of rotatable bonds is 2. The number of benzene rings is 1. The van der Waals surface area contributed by atoms with Crippen LogP contribution in [0.2, 0.25) is 0 Å². The quantitative estimate of drug-likeness (QED) is 0.891.